The van der Waals surface area contributed by atoms with Gasteiger partial charge in [0.25, 0.3) is 0 Å². The van der Waals surface area contributed by atoms with Crippen molar-refractivity contribution in [1.82, 2.24) is 9.55 Å². The number of anilines is 1. The van der Waals surface area contributed by atoms with Crippen LogP contribution in [0, 0.1) is 11.8 Å². The minimum atomic E-state index is -0.895. The monoisotopic (exact) mass is 349 g/mol. The van der Waals surface area contributed by atoms with Gasteiger partial charge in [0.15, 0.2) is 0 Å². The van der Waals surface area contributed by atoms with Crippen molar-refractivity contribution in [2.24, 2.45) is 18.9 Å². The lowest BCUT2D eigenvalue weighted by atomic mass is 9.73. The van der Waals surface area contributed by atoms with E-state index in [-0.39, 0.29) is 5.91 Å². The molecule has 2 aromatic carbocycles. The molecule has 6 heteroatoms. The molecular weight excluding hydrogens is 330 g/mol. The molecule has 0 spiro atoms. The summed E-state index contributed by atoms with van der Waals surface area (Å²) < 4.78 is 2.04. The van der Waals surface area contributed by atoms with Crippen molar-refractivity contribution in [3.8, 4) is 11.4 Å². The molecule has 0 radical (unpaired) electrons. The molecule has 6 nitrogen and oxygen atoms in total. The third-order valence-electron chi connectivity index (χ3n) is 5.13. The fourth-order valence-electron chi connectivity index (χ4n) is 3.45. The Bertz CT molecular complexity index is 991. The van der Waals surface area contributed by atoms with Crippen molar-refractivity contribution in [2.45, 2.75) is 12.8 Å². The normalized spacial score (nSPS) is 19.1. The summed E-state index contributed by atoms with van der Waals surface area (Å²) in [5.41, 5.74) is 3.61. The lowest BCUT2D eigenvalue weighted by Crippen LogP contribution is -2.41. The summed E-state index contributed by atoms with van der Waals surface area (Å²) in [5, 5.41) is 11.9. The summed E-state index contributed by atoms with van der Waals surface area (Å²) in [4.78, 5) is 28.0. The quantitative estimate of drug-likeness (QED) is 0.757. The third-order valence-corrected chi connectivity index (χ3v) is 5.13. The lowest BCUT2D eigenvalue weighted by molar-refractivity contribution is -0.151. The molecule has 0 aliphatic heterocycles. The Balaban J connectivity index is 1.52. The molecule has 3 aromatic rings. The van der Waals surface area contributed by atoms with Gasteiger partial charge in [-0.05, 0) is 49.2 Å². The van der Waals surface area contributed by atoms with Crippen molar-refractivity contribution in [1.29, 1.82) is 0 Å². The summed E-state index contributed by atoms with van der Waals surface area (Å²) in [6.07, 6.45) is 1.19. The zero-order valence-corrected chi connectivity index (χ0v) is 14.3. The van der Waals surface area contributed by atoms with Crippen LogP contribution in [0.25, 0.3) is 22.4 Å². The smallest absolute Gasteiger partial charge is 0.307 e. The average Bonchev–Trinajstić information content (AvgIpc) is 2.91. The molecule has 26 heavy (non-hydrogen) atoms. The number of carboxylic acid groups (broad SMARTS) is 1. The van der Waals surface area contributed by atoms with Gasteiger partial charge >= 0.3 is 5.97 Å². The van der Waals surface area contributed by atoms with Gasteiger partial charge in [0.2, 0.25) is 5.91 Å². The van der Waals surface area contributed by atoms with Crippen LogP contribution < -0.4 is 5.32 Å². The molecule has 1 aliphatic carbocycles. The number of nitrogens with zero attached hydrogens (tertiary/aromatic N) is 2. The second-order valence-corrected chi connectivity index (χ2v) is 6.68. The van der Waals surface area contributed by atoms with E-state index in [0.717, 1.165) is 22.4 Å². The summed E-state index contributed by atoms with van der Waals surface area (Å²) in [6, 6.07) is 15.4. The van der Waals surface area contributed by atoms with Crippen molar-refractivity contribution in [3.63, 3.8) is 0 Å². The maximum Gasteiger partial charge on any atom is 0.307 e. The van der Waals surface area contributed by atoms with Crippen LogP contribution >= 0.6 is 0 Å². The first-order chi connectivity index (χ1) is 12.5. The molecule has 132 valence electrons. The van der Waals surface area contributed by atoms with Crippen molar-refractivity contribution < 1.29 is 14.7 Å². The van der Waals surface area contributed by atoms with Crippen LogP contribution in [0.2, 0.25) is 0 Å². The molecule has 1 aromatic heterocycles. The van der Waals surface area contributed by atoms with E-state index in [9.17, 15) is 9.59 Å². The highest BCUT2D eigenvalue weighted by molar-refractivity contribution is 5.96. The van der Waals surface area contributed by atoms with Crippen LogP contribution in [0.5, 0.6) is 0 Å². The van der Waals surface area contributed by atoms with Gasteiger partial charge in [0.05, 0.1) is 22.9 Å². The number of hydrogen-bond acceptors (Lipinski definition) is 3. The Hall–Kier alpha value is -3.15. The molecule has 1 amide bonds. The number of fused-ring (bicyclic) bond motifs is 1. The van der Waals surface area contributed by atoms with Crippen LogP contribution in [-0.2, 0) is 16.6 Å². The second kappa shape index (κ2) is 6.29. The molecule has 2 atom stereocenters. The zero-order valence-electron chi connectivity index (χ0n) is 14.3. The van der Waals surface area contributed by atoms with Crippen LogP contribution in [0.3, 0.4) is 0 Å². The Labute approximate surface area is 150 Å². The van der Waals surface area contributed by atoms with E-state index in [4.69, 9.17) is 5.11 Å². The Kier molecular flexibility index (Phi) is 3.95. The Morgan fingerprint density at radius 1 is 1.08 bits per heavy atom. The number of aromatic nitrogens is 2. The number of imidazole rings is 1. The Morgan fingerprint density at radius 2 is 1.77 bits per heavy atom. The highest BCUT2D eigenvalue weighted by Crippen LogP contribution is 2.35. The number of nitrogens with one attached hydrogen (secondary N) is 1. The maximum absolute atomic E-state index is 12.2. The minimum Gasteiger partial charge on any atom is -0.481 e. The topological polar surface area (TPSA) is 84.2 Å². The van der Waals surface area contributed by atoms with E-state index in [0.29, 0.717) is 18.5 Å². The molecule has 1 aliphatic rings. The number of hydrogen-bond donors (Lipinski definition) is 2. The van der Waals surface area contributed by atoms with Crippen molar-refractivity contribution in [3.05, 3.63) is 48.5 Å². The second-order valence-electron chi connectivity index (χ2n) is 6.68. The average molecular weight is 349 g/mol. The molecule has 2 N–H and O–H groups in total. The number of carbonyl (C=O) groups excluding carboxylic acids is 1. The van der Waals surface area contributed by atoms with Gasteiger partial charge < -0.3 is 15.0 Å². The molecule has 1 fully saturated rings. The summed E-state index contributed by atoms with van der Waals surface area (Å²) >= 11 is 0. The molecule has 4 rings (SSSR count). The Morgan fingerprint density at radius 3 is 2.38 bits per heavy atom. The van der Waals surface area contributed by atoms with Gasteiger partial charge in [-0.25, -0.2) is 4.98 Å². The maximum atomic E-state index is 12.2. The van der Waals surface area contributed by atoms with Gasteiger partial charge in [-0.3, -0.25) is 9.59 Å². The number of benzene rings is 2. The number of aryl methyl sites for hydroxylation is 1. The van der Waals surface area contributed by atoms with Crippen molar-refractivity contribution >= 4 is 28.6 Å². The van der Waals surface area contributed by atoms with E-state index in [1.807, 2.05) is 60.1 Å². The van der Waals surface area contributed by atoms with Gasteiger partial charge in [0, 0.05) is 18.3 Å². The van der Waals surface area contributed by atoms with Crippen LogP contribution in [0.1, 0.15) is 12.8 Å². The van der Waals surface area contributed by atoms with E-state index >= 15 is 0 Å². The fourth-order valence-corrected chi connectivity index (χ4v) is 3.45. The first-order valence-electron chi connectivity index (χ1n) is 8.60. The van der Waals surface area contributed by atoms with Crippen LogP contribution in [-0.4, -0.2) is 26.5 Å². The molecule has 0 saturated heterocycles. The minimum absolute atomic E-state index is 0.223. The summed E-state index contributed by atoms with van der Waals surface area (Å²) in [5.74, 6) is -1.26. The summed E-state index contributed by atoms with van der Waals surface area (Å²) in [6.45, 7) is 0. The SMILES string of the molecule is Cn1c(-c2ccc(NC(=O)[C@@H]3CC[C@@H]3C(=O)O)cc2)nc2ccccc21. The van der Waals surface area contributed by atoms with Crippen molar-refractivity contribution in [2.75, 3.05) is 5.32 Å². The van der Waals surface area contributed by atoms with Gasteiger partial charge in [-0.1, -0.05) is 12.1 Å². The summed E-state index contributed by atoms with van der Waals surface area (Å²) in [7, 11) is 1.98. The molecule has 1 heterocycles. The largest absolute Gasteiger partial charge is 0.481 e. The van der Waals surface area contributed by atoms with Gasteiger partial charge in [-0.2, -0.15) is 0 Å². The molecular formula is C20H19N3O3. The number of amides is 1. The van der Waals surface area contributed by atoms with Crippen LogP contribution in [0.15, 0.2) is 48.5 Å². The third kappa shape index (κ3) is 2.73. The highest BCUT2D eigenvalue weighted by Gasteiger charge is 2.41. The fraction of sp³-hybridized carbons (Fsp3) is 0.250. The number of rotatable bonds is 4. The molecule has 0 bridgehead atoms. The van der Waals surface area contributed by atoms with E-state index in [2.05, 4.69) is 10.3 Å². The predicted octanol–water partition coefficient (Wildman–Crippen LogP) is 3.29. The van der Waals surface area contributed by atoms with E-state index in [1.54, 1.807) is 0 Å². The van der Waals surface area contributed by atoms with Gasteiger partial charge in [-0.15, -0.1) is 0 Å². The number of aliphatic carboxylic acids is 1. The first kappa shape index (κ1) is 16.3. The molecule has 1 saturated carbocycles. The zero-order chi connectivity index (χ0) is 18.3. The van der Waals surface area contributed by atoms with E-state index < -0.39 is 17.8 Å². The molecule has 0 unspecified atom stereocenters. The van der Waals surface area contributed by atoms with E-state index in [1.165, 1.54) is 0 Å². The standard InChI is InChI=1S/C20H19N3O3/c1-23-17-5-3-2-4-16(17)22-18(23)12-6-8-13(9-7-12)21-19(24)14-10-11-15(14)20(25)26/h2-9,14-15H,10-11H2,1H3,(H,21,24)(H,25,26)/t14-,15+/m1/s1. The predicted molar refractivity (Wildman–Crippen MR) is 98.6 cm³/mol. The highest BCUT2D eigenvalue weighted by atomic mass is 16.4. The number of carboxylic acids is 1. The lowest BCUT2D eigenvalue weighted by Gasteiger charge is -2.31. The number of carbonyl (C=O) groups is 2. The first-order valence-corrected chi connectivity index (χ1v) is 8.60. The van der Waals surface area contributed by atoms with Crippen LogP contribution in [0.4, 0.5) is 5.69 Å². The number of para-hydroxylation sites is 2. The van der Waals surface area contributed by atoms with Gasteiger partial charge in [0.1, 0.15) is 5.82 Å².